The Hall–Kier alpha value is -2.57. The second-order valence-electron chi connectivity index (χ2n) is 6.28. The molecule has 0 radical (unpaired) electrons. The van der Waals surface area contributed by atoms with Gasteiger partial charge < -0.3 is 9.30 Å². The second kappa shape index (κ2) is 7.81. The molecule has 28 heavy (non-hydrogen) atoms. The van der Waals surface area contributed by atoms with Crippen LogP contribution in [0.1, 0.15) is 23.0 Å². The monoisotopic (exact) mass is 419 g/mol. The summed E-state index contributed by atoms with van der Waals surface area (Å²) in [5.74, 6) is -0.710. The van der Waals surface area contributed by atoms with Crippen LogP contribution in [0.4, 0.5) is 0 Å². The summed E-state index contributed by atoms with van der Waals surface area (Å²) in [5.41, 5.74) is 2.36. The van der Waals surface area contributed by atoms with Crippen molar-refractivity contribution in [1.82, 2.24) is 14.3 Å². The highest BCUT2D eigenvalue weighted by molar-refractivity contribution is 6.42. The van der Waals surface area contributed by atoms with Gasteiger partial charge in [-0.25, -0.2) is 4.79 Å². The first-order chi connectivity index (χ1) is 13.3. The normalized spacial score (nSPS) is 10.9. The summed E-state index contributed by atoms with van der Waals surface area (Å²) < 4.78 is 8.44. The van der Waals surface area contributed by atoms with Crippen molar-refractivity contribution in [3.8, 4) is 22.4 Å². The molecule has 0 amide bonds. The third-order valence-corrected chi connectivity index (χ3v) is 5.36. The number of halogens is 2. The van der Waals surface area contributed by atoms with Gasteiger partial charge in [0.1, 0.15) is 5.56 Å². The number of rotatable bonds is 4. The highest BCUT2D eigenvalue weighted by Gasteiger charge is 2.27. The van der Waals surface area contributed by atoms with Crippen LogP contribution < -0.4 is 5.43 Å². The predicted octanol–water partition coefficient (Wildman–Crippen LogP) is 4.34. The van der Waals surface area contributed by atoms with Crippen molar-refractivity contribution < 1.29 is 9.53 Å². The Morgan fingerprint density at radius 3 is 2.46 bits per heavy atom. The van der Waals surface area contributed by atoms with Crippen LogP contribution in [0.25, 0.3) is 22.4 Å². The zero-order valence-electron chi connectivity index (χ0n) is 15.9. The molecule has 146 valence electrons. The Morgan fingerprint density at radius 2 is 1.93 bits per heavy atom. The second-order valence-corrected chi connectivity index (χ2v) is 7.09. The third-order valence-electron chi connectivity index (χ3n) is 4.62. The fourth-order valence-electron chi connectivity index (χ4n) is 3.36. The summed E-state index contributed by atoms with van der Waals surface area (Å²) >= 11 is 12.2. The molecule has 6 nitrogen and oxygen atoms in total. The highest BCUT2D eigenvalue weighted by atomic mass is 35.5. The highest BCUT2D eigenvalue weighted by Crippen LogP contribution is 2.33. The van der Waals surface area contributed by atoms with Crippen molar-refractivity contribution in [1.29, 1.82) is 0 Å². The van der Waals surface area contributed by atoms with Gasteiger partial charge in [-0.2, -0.15) is 5.10 Å². The van der Waals surface area contributed by atoms with Gasteiger partial charge >= 0.3 is 5.97 Å². The SMILES string of the molecule is CCn1c(C)c(-c2cnn(C)c2)c(=O)c(C(=O)OC)c1-c1ccc(Cl)c(Cl)c1. The zero-order valence-corrected chi connectivity index (χ0v) is 17.4. The van der Waals surface area contributed by atoms with E-state index in [1.54, 1.807) is 42.3 Å². The van der Waals surface area contributed by atoms with E-state index >= 15 is 0 Å². The fourth-order valence-corrected chi connectivity index (χ4v) is 3.65. The molecule has 0 unspecified atom stereocenters. The van der Waals surface area contributed by atoms with E-state index in [9.17, 15) is 9.59 Å². The maximum Gasteiger partial charge on any atom is 0.344 e. The van der Waals surface area contributed by atoms with Crippen LogP contribution in [0.2, 0.25) is 10.0 Å². The Morgan fingerprint density at radius 1 is 1.21 bits per heavy atom. The van der Waals surface area contributed by atoms with Crippen LogP contribution in [0.15, 0.2) is 35.4 Å². The molecule has 0 saturated heterocycles. The van der Waals surface area contributed by atoms with Crippen molar-refractivity contribution in [3.63, 3.8) is 0 Å². The van der Waals surface area contributed by atoms with Crippen LogP contribution in [-0.2, 0) is 18.3 Å². The van der Waals surface area contributed by atoms with Crippen molar-refractivity contribution in [3.05, 3.63) is 62.1 Å². The molecule has 3 aromatic rings. The lowest BCUT2D eigenvalue weighted by Crippen LogP contribution is -2.26. The van der Waals surface area contributed by atoms with E-state index in [-0.39, 0.29) is 5.56 Å². The average Bonchev–Trinajstić information content (AvgIpc) is 3.09. The Labute approximate surface area is 172 Å². The molecule has 1 aromatic carbocycles. The lowest BCUT2D eigenvalue weighted by atomic mass is 9.97. The summed E-state index contributed by atoms with van der Waals surface area (Å²) in [4.78, 5) is 26.0. The van der Waals surface area contributed by atoms with Gasteiger partial charge in [-0.15, -0.1) is 0 Å². The summed E-state index contributed by atoms with van der Waals surface area (Å²) in [6.07, 6.45) is 3.34. The van der Waals surface area contributed by atoms with Gasteiger partial charge in [-0.3, -0.25) is 9.48 Å². The van der Waals surface area contributed by atoms with Gasteiger partial charge in [0, 0.05) is 36.6 Å². The molecule has 3 rings (SSSR count). The van der Waals surface area contributed by atoms with E-state index in [0.29, 0.717) is 44.7 Å². The first kappa shape index (κ1) is 20.2. The number of pyridine rings is 1. The molecule has 0 fully saturated rings. The molecular weight excluding hydrogens is 401 g/mol. The minimum absolute atomic E-state index is 0.0489. The van der Waals surface area contributed by atoms with E-state index < -0.39 is 11.4 Å². The smallest absolute Gasteiger partial charge is 0.344 e. The average molecular weight is 420 g/mol. The number of methoxy groups -OCH3 is 1. The Balaban J connectivity index is 2.46. The number of aryl methyl sites for hydroxylation is 1. The van der Waals surface area contributed by atoms with Gasteiger partial charge in [-0.1, -0.05) is 29.3 Å². The molecule has 2 heterocycles. The predicted molar refractivity (Wildman–Crippen MR) is 110 cm³/mol. The quantitative estimate of drug-likeness (QED) is 0.589. The lowest BCUT2D eigenvalue weighted by Gasteiger charge is -2.21. The molecule has 0 aliphatic heterocycles. The number of ether oxygens (including phenoxy) is 1. The number of nitrogens with zero attached hydrogens (tertiary/aromatic N) is 3. The topological polar surface area (TPSA) is 66.1 Å². The van der Waals surface area contributed by atoms with Gasteiger partial charge in [0.25, 0.3) is 0 Å². The van der Waals surface area contributed by atoms with Crippen LogP contribution >= 0.6 is 23.2 Å². The molecule has 8 heteroatoms. The van der Waals surface area contributed by atoms with E-state index in [1.807, 2.05) is 18.4 Å². The molecule has 2 aromatic heterocycles. The molecule has 0 saturated carbocycles. The third kappa shape index (κ3) is 3.34. The lowest BCUT2D eigenvalue weighted by molar-refractivity contribution is 0.0599. The summed E-state index contributed by atoms with van der Waals surface area (Å²) in [7, 11) is 3.02. The minimum Gasteiger partial charge on any atom is -0.465 e. The molecule has 0 bridgehead atoms. The Bertz CT molecular complexity index is 1130. The summed E-state index contributed by atoms with van der Waals surface area (Å²) in [6.45, 7) is 4.31. The maximum atomic E-state index is 13.4. The van der Waals surface area contributed by atoms with Gasteiger partial charge in [0.2, 0.25) is 5.43 Å². The molecule has 0 aliphatic carbocycles. The van der Waals surface area contributed by atoms with Crippen molar-refractivity contribution in [2.24, 2.45) is 7.05 Å². The van der Waals surface area contributed by atoms with Crippen LogP contribution in [-0.4, -0.2) is 27.4 Å². The largest absolute Gasteiger partial charge is 0.465 e. The number of carbonyl (C=O) groups excluding carboxylic acids is 1. The minimum atomic E-state index is -0.710. The van der Waals surface area contributed by atoms with Crippen molar-refractivity contribution in [2.45, 2.75) is 20.4 Å². The number of aromatic nitrogens is 3. The number of carbonyl (C=O) groups is 1. The summed E-state index contributed by atoms with van der Waals surface area (Å²) in [6, 6.07) is 5.00. The van der Waals surface area contributed by atoms with E-state index in [0.717, 1.165) is 0 Å². The van der Waals surface area contributed by atoms with Gasteiger partial charge in [0.15, 0.2) is 0 Å². The van der Waals surface area contributed by atoms with E-state index in [2.05, 4.69) is 5.10 Å². The fraction of sp³-hybridized carbons (Fsp3) is 0.250. The van der Waals surface area contributed by atoms with Gasteiger partial charge in [-0.05, 0) is 26.0 Å². The molecular formula is C20H19Cl2N3O3. The molecule has 0 atom stereocenters. The first-order valence-corrected chi connectivity index (χ1v) is 9.35. The Kier molecular flexibility index (Phi) is 5.63. The molecule has 0 N–H and O–H groups in total. The number of hydrogen-bond acceptors (Lipinski definition) is 4. The molecule has 0 spiro atoms. The summed E-state index contributed by atoms with van der Waals surface area (Å²) in [5, 5.41) is 4.87. The van der Waals surface area contributed by atoms with Crippen LogP contribution in [0.3, 0.4) is 0 Å². The first-order valence-electron chi connectivity index (χ1n) is 8.60. The molecule has 0 aliphatic rings. The zero-order chi connectivity index (χ0) is 20.6. The van der Waals surface area contributed by atoms with E-state index in [1.165, 1.54) is 7.11 Å². The number of esters is 1. The van der Waals surface area contributed by atoms with E-state index in [4.69, 9.17) is 27.9 Å². The van der Waals surface area contributed by atoms with Crippen LogP contribution in [0.5, 0.6) is 0 Å². The van der Waals surface area contributed by atoms with Crippen molar-refractivity contribution >= 4 is 29.2 Å². The van der Waals surface area contributed by atoms with Gasteiger partial charge in [0.05, 0.1) is 34.6 Å². The number of hydrogen-bond donors (Lipinski definition) is 0. The maximum absolute atomic E-state index is 13.4. The number of benzene rings is 1. The standard InChI is InChI=1S/C20H19Cl2N3O3/c1-5-25-11(2)16(13-9-23-24(3)10-13)19(26)17(20(27)28-4)18(25)12-6-7-14(21)15(22)8-12/h6-10H,5H2,1-4H3. The van der Waals surface area contributed by atoms with Crippen molar-refractivity contribution in [2.75, 3.05) is 7.11 Å². The van der Waals surface area contributed by atoms with Crippen LogP contribution in [0, 0.1) is 6.92 Å².